The maximum Gasteiger partial charge on any atom is 0.140 e. The first kappa shape index (κ1) is 17.0. The van der Waals surface area contributed by atoms with Gasteiger partial charge in [-0.25, -0.2) is 4.98 Å². The molecule has 5 heteroatoms. The number of hydrogen-bond acceptors (Lipinski definition) is 4. The van der Waals surface area contributed by atoms with Gasteiger partial charge in [-0.15, -0.1) is 0 Å². The van der Waals surface area contributed by atoms with Gasteiger partial charge in [0.25, 0.3) is 0 Å². The summed E-state index contributed by atoms with van der Waals surface area (Å²) < 4.78 is 10.8. The van der Waals surface area contributed by atoms with Crippen molar-refractivity contribution in [3.63, 3.8) is 0 Å². The van der Waals surface area contributed by atoms with Crippen LogP contribution in [0.5, 0.6) is 11.5 Å². The van der Waals surface area contributed by atoms with E-state index >= 15 is 0 Å². The minimum absolute atomic E-state index is 0.491. The summed E-state index contributed by atoms with van der Waals surface area (Å²) in [6, 6.07) is 11.5. The number of para-hydroxylation sites is 1. The smallest absolute Gasteiger partial charge is 0.140 e. The lowest BCUT2D eigenvalue weighted by atomic mass is 10.0. The number of ether oxygens (including phenoxy) is 2. The van der Waals surface area contributed by atoms with Crippen LogP contribution >= 0.6 is 0 Å². The van der Waals surface area contributed by atoms with Gasteiger partial charge in [-0.05, 0) is 54.8 Å². The molecule has 5 nitrogen and oxygen atoms in total. The maximum atomic E-state index is 10.7. The number of nitrogens with zero attached hydrogens (tertiary/aromatic N) is 1. The minimum atomic E-state index is -0.841. The van der Waals surface area contributed by atoms with E-state index in [-0.39, 0.29) is 0 Å². The summed E-state index contributed by atoms with van der Waals surface area (Å²) in [5.41, 5.74) is 4.43. The zero-order valence-corrected chi connectivity index (χ0v) is 14.8. The van der Waals surface area contributed by atoms with Crippen LogP contribution in [0.1, 0.15) is 28.6 Å². The highest BCUT2D eigenvalue weighted by Crippen LogP contribution is 2.32. The third kappa shape index (κ3) is 3.23. The van der Waals surface area contributed by atoms with E-state index in [1.807, 2.05) is 50.2 Å². The second kappa shape index (κ2) is 6.99. The van der Waals surface area contributed by atoms with Crippen molar-refractivity contribution in [3.05, 3.63) is 65.1 Å². The van der Waals surface area contributed by atoms with E-state index in [2.05, 4.69) is 9.97 Å². The van der Waals surface area contributed by atoms with E-state index in [9.17, 15) is 5.11 Å². The Balaban J connectivity index is 1.95. The van der Waals surface area contributed by atoms with Crippen molar-refractivity contribution < 1.29 is 14.6 Å². The number of aromatic amines is 1. The summed E-state index contributed by atoms with van der Waals surface area (Å²) in [5, 5.41) is 10.7. The van der Waals surface area contributed by atoms with Crippen molar-refractivity contribution in [2.75, 3.05) is 14.2 Å². The van der Waals surface area contributed by atoms with Crippen LogP contribution in [0.25, 0.3) is 11.3 Å². The molecule has 2 aromatic carbocycles. The Morgan fingerprint density at radius 3 is 2.36 bits per heavy atom. The molecule has 0 radical (unpaired) electrons. The SMILES string of the molecule is COc1ccccc1-c1cnc(C(O)c2cc(C)c(OC)c(C)c2)[nH]1. The molecule has 1 aromatic heterocycles. The van der Waals surface area contributed by atoms with Crippen LogP contribution < -0.4 is 9.47 Å². The molecule has 0 spiro atoms. The van der Waals surface area contributed by atoms with Gasteiger partial charge in [0.05, 0.1) is 26.1 Å². The van der Waals surface area contributed by atoms with Crippen LogP contribution in [0.4, 0.5) is 0 Å². The number of imidazole rings is 1. The lowest BCUT2D eigenvalue weighted by Crippen LogP contribution is -2.04. The standard InChI is InChI=1S/C20H22N2O3/c1-12-9-14(10-13(2)19(12)25-4)18(23)20-21-11-16(22-20)15-7-5-6-8-17(15)24-3/h5-11,18,23H,1-4H3,(H,21,22). The van der Waals surface area contributed by atoms with Gasteiger partial charge in [0.1, 0.15) is 23.4 Å². The Hall–Kier alpha value is -2.79. The Labute approximate surface area is 147 Å². The summed E-state index contributed by atoms with van der Waals surface area (Å²) in [6.45, 7) is 3.93. The molecule has 2 N–H and O–H groups in total. The zero-order chi connectivity index (χ0) is 18.0. The largest absolute Gasteiger partial charge is 0.496 e. The fourth-order valence-electron chi connectivity index (χ4n) is 3.10. The van der Waals surface area contributed by atoms with Crippen molar-refractivity contribution in [1.29, 1.82) is 0 Å². The molecule has 0 fully saturated rings. The number of rotatable bonds is 5. The second-order valence-electron chi connectivity index (χ2n) is 5.97. The molecule has 1 unspecified atom stereocenters. The van der Waals surface area contributed by atoms with Gasteiger partial charge in [-0.1, -0.05) is 12.1 Å². The van der Waals surface area contributed by atoms with Gasteiger partial charge >= 0.3 is 0 Å². The quantitative estimate of drug-likeness (QED) is 0.743. The average Bonchev–Trinajstić information content (AvgIpc) is 3.10. The van der Waals surface area contributed by atoms with Crippen molar-refractivity contribution in [1.82, 2.24) is 9.97 Å². The van der Waals surface area contributed by atoms with Crippen LogP contribution in [0.15, 0.2) is 42.6 Å². The first-order valence-electron chi connectivity index (χ1n) is 8.06. The van der Waals surface area contributed by atoms with Crippen molar-refractivity contribution in [2.24, 2.45) is 0 Å². The predicted octanol–water partition coefficient (Wildman–Crippen LogP) is 3.79. The number of aromatic nitrogens is 2. The molecule has 130 valence electrons. The van der Waals surface area contributed by atoms with E-state index in [0.717, 1.165) is 39.4 Å². The van der Waals surface area contributed by atoms with Crippen LogP contribution in [0.3, 0.4) is 0 Å². The zero-order valence-electron chi connectivity index (χ0n) is 14.8. The fourth-order valence-corrected chi connectivity index (χ4v) is 3.10. The van der Waals surface area contributed by atoms with Gasteiger partial charge in [0.15, 0.2) is 0 Å². The van der Waals surface area contributed by atoms with Crippen LogP contribution in [-0.2, 0) is 0 Å². The summed E-state index contributed by atoms with van der Waals surface area (Å²) >= 11 is 0. The van der Waals surface area contributed by atoms with Crippen molar-refractivity contribution >= 4 is 0 Å². The topological polar surface area (TPSA) is 67.4 Å². The van der Waals surface area contributed by atoms with Crippen LogP contribution in [0.2, 0.25) is 0 Å². The predicted molar refractivity (Wildman–Crippen MR) is 97.1 cm³/mol. The van der Waals surface area contributed by atoms with Crippen molar-refractivity contribution in [3.8, 4) is 22.8 Å². The number of aliphatic hydroxyl groups excluding tert-OH is 1. The summed E-state index contributed by atoms with van der Waals surface area (Å²) in [7, 11) is 3.28. The lowest BCUT2D eigenvalue weighted by Gasteiger charge is -2.14. The Morgan fingerprint density at radius 1 is 1.04 bits per heavy atom. The molecule has 0 aliphatic carbocycles. The van der Waals surface area contributed by atoms with E-state index < -0.39 is 6.10 Å². The maximum absolute atomic E-state index is 10.7. The number of aliphatic hydroxyl groups is 1. The number of hydrogen-bond donors (Lipinski definition) is 2. The molecule has 25 heavy (non-hydrogen) atoms. The molecule has 3 rings (SSSR count). The van der Waals surface area contributed by atoms with E-state index in [0.29, 0.717) is 5.82 Å². The van der Waals surface area contributed by atoms with Gasteiger partial charge in [0.2, 0.25) is 0 Å². The molecular formula is C20H22N2O3. The summed E-state index contributed by atoms with van der Waals surface area (Å²) in [4.78, 5) is 7.55. The molecule has 3 aromatic rings. The molecule has 1 heterocycles. The number of methoxy groups -OCH3 is 2. The number of benzene rings is 2. The molecule has 0 bridgehead atoms. The van der Waals surface area contributed by atoms with Gasteiger partial charge in [-0.2, -0.15) is 0 Å². The molecule has 1 atom stereocenters. The molecular weight excluding hydrogens is 316 g/mol. The van der Waals surface area contributed by atoms with Crippen LogP contribution in [-0.4, -0.2) is 29.3 Å². The first-order valence-corrected chi connectivity index (χ1v) is 8.06. The highest BCUT2D eigenvalue weighted by molar-refractivity contribution is 5.66. The monoisotopic (exact) mass is 338 g/mol. The molecule has 0 aliphatic rings. The molecule has 0 saturated carbocycles. The minimum Gasteiger partial charge on any atom is -0.496 e. The van der Waals surface area contributed by atoms with Gasteiger partial charge < -0.3 is 19.6 Å². The van der Waals surface area contributed by atoms with Crippen molar-refractivity contribution in [2.45, 2.75) is 20.0 Å². The summed E-state index contributed by atoms with van der Waals surface area (Å²) in [5.74, 6) is 2.08. The lowest BCUT2D eigenvalue weighted by molar-refractivity contribution is 0.211. The highest BCUT2D eigenvalue weighted by Gasteiger charge is 2.18. The van der Waals surface area contributed by atoms with E-state index in [4.69, 9.17) is 9.47 Å². The third-order valence-electron chi connectivity index (χ3n) is 4.25. The molecule has 0 saturated heterocycles. The fraction of sp³-hybridized carbons (Fsp3) is 0.250. The third-order valence-corrected chi connectivity index (χ3v) is 4.25. The number of H-pyrrole nitrogens is 1. The number of nitrogens with one attached hydrogen (secondary N) is 1. The van der Waals surface area contributed by atoms with Crippen LogP contribution in [0, 0.1) is 13.8 Å². The Morgan fingerprint density at radius 2 is 1.72 bits per heavy atom. The Kier molecular flexibility index (Phi) is 4.76. The Bertz CT molecular complexity index is 863. The molecule has 0 aliphatic heterocycles. The van der Waals surface area contributed by atoms with E-state index in [1.54, 1.807) is 20.4 Å². The van der Waals surface area contributed by atoms with Gasteiger partial charge in [0, 0.05) is 5.56 Å². The second-order valence-corrected chi connectivity index (χ2v) is 5.97. The summed E-state index contributed by atoms with van der Waals surface area (Å²) in [6.07, 6.45) is 0.867. The van der Waals surface area contributed by atoms with Gasteiger partial charge in [-0.3, -0.25) is 0 Å². The molecule has 0 amide bonds. The normalized spacial score (nSPS) is 12.0. The average molecular weight is 338 g/mol. The first-order chi connectivity index (χ1) is 12.0. The number of aryl methyl sites for hydroxylation is 2. The van der Waals surface area contributed by atoms with E-state index in [1.165, 1.54) is 0 Å². The highest BCUT2D eigenvalue weighted by atomic mass is 16.5.